The van der Waals surface area contributed by atoms with Gasteiger partial charge in [0.05, 0.1) is 5.41 Å². The van der Waals surface area contributed by atoms with Gasteiger partial charge in [-0.1, -0.05) is 19.8 Å². The van der Waals surface area contributed by atoms with Gasteiger partial charge in [0.2, 0.25) is 0 Å². The number of carboxylic acids is 1. The molecule has 0 aromatic rings. The van der Waals surface area contributed by atoms with Crippen LogP contribution in [0.1, 0.15) is 39.5 Å². The number of hydrogen-bond acceptors (Lipinski definition) is 2. The molecule has 1 fully saturated rings. The van der Waals surface area contributed by atoms with E-state index in [0.29, 0.717) is 12.8 Å². The molecule has 0 radical (unpaired) electrons. The molecule has 1 aliphatic rings. The van der Waals surface area contributed by atoms with Gasteiger partial charge in [0, 0.05) is 5.41 Å². The van der Waals surface area contributed by atoms with Crippen LogP contribution in [0, 0.1) is 10.8 Å². The van der Waals surface area contributed by atoms with Crippen LogP contribution in [-0.4, -0.2) is 17.4 Å². The van der Waals surface area contributed by atoms with Gasteiger partial charge >= 0.3 is 5.97 Å². The summed E-state index contributed by atoms with van der Waals surface area (Å²) in [7, 11) is 0. The SMILES string of the molecule is CC1(C=O)CCCCC1(C)C(=O)O. The molecule has 3 nitrogen and oxygen atoms in total. The highest BCUT2D eigenvalue weighted by Gasteiger charge is 2.51. The van der Waals surface area contributed by atoms with E-state index in [-0.39, 0.29) is 0 Å². The Hall–Kier alpha value is -0.860. The minimum Gasteiger partial charge on any atom is -0.481 e. The largest absolute Gasteiger partial charge is 0.481 e. The summed E-state index contributed by atoms with van der Waals surface area (Å²) in [6, 6.07) is 0. The molecule has 1 N–H and O–H groups in total. The van der Waals surface area contributed by atoms with Crippen molar-refractivity contribution in [2.75, 3.05) is 0 Å². The molecular formula is C10H16O3. The van der Waals surface area contributed by atoms with Gasteiger partial charge in [-0.25, -0.2) is 0 Å². The van der Waals surface area contributed by atoms with Crippen LogP contribution in [0.2, 0.25) is 0 Å². The van der Waals surface area contributed by atoms with Crippen LogP contribution in [0.15, 0.2) is 0 Å². The van der Waals surface area contributed by atoms with E-state index in [0.717, 1.165) is 19.1 Å². The predicted octanol–water partition coefficient (Wildman–Crippen LogP) is 1.86. The first kappa shape index (κ1) is 10.2. The fourth-order valence-electron chi connectivity index (χ4n) is 2.07. The molecule has 0 amide bonds. The van der Waals surface area contributed by atoms with E-state index >= 15 is 0 Å². The lowest BCUT2D eigenvalue weighted by atomic mass is 9.58. The molecule has 0 aliphatic heterocycles. The van der Waals surface area contributed by atoms with Crippen LogP contribution in [-0.2, 0) is 9.59 Å². The van der Waals surface area contributed by atoms with Crippen molar-refractivity contribution in [1.82, 2.24) is 0 Å². The van der Waals surface area contributed by atoms with Crippen molar-refractivity contribution >= 4 is 12.3 Å². The third kappa shape index (κ3) is 1.36. The quantitative estimate of drug-likeness (QED) is 0.666. The number of aldehydes is 1. The molecular weight excluding hydrogens is 168 g/mol. The first-order valence-corrected chi connectivity index (χ1v) is 4.66. The van der Waals surface area contributed by atoms with Crippen molar-refractivity contribution in [3.05, 3.63) is 0 Å². The molecule has 0 heterocycles. The molecule has 2 atom stereocenters. The maximum Gasteiger partial charge on any atom is 0.310 e. The maximum atomic E-state index is 11.1. The molecule has 0 aromatic heterocycles. The Kier molecular flexibility index (Phi) is 2.46. The van der Waals surface area contributed by atoms with E-state index in [2.05, 4.69) is 0 Å². The molecule has 0 aromatic carbocycles. The number of carbonyl (C=O) groups is 2. The second-order valence-corrected chi connectivity index (χ2v) is 4.38. The Morgan fingerprint density at radius 2 is 1.85 bits per heavy atom. The summed E-state index contributed by atoms with van der Waals surface area (Å²) in [6.07, 6.45) is 3.99. The van der Waals surface area contributed by atoms with Gasteiger partial charge in [-0.2, -0.15) is 0 Å². The summed E-state index contributed by atoms with van der Waals surface area (Å²) >= 11 is 0. The van der Waals surface area contributed by atoms with Crippen LogP contribution in [0.3, 0.4) is 0 Å². The molecule has 1 saturated carbocycles. The van der Waals surface area contributed by atoms with Crippen LogP contribution < -0.4 is 0 Å². The smallest absolute Gasteiger partial charge is 0.310 e. The average Bonchev–Trinajstić information content (AvgIpc) is 2.10. The van der Waals surface area contributed by atoms with E-state index in [4.69, 9.17) is 5.11 Å². The van der Waals surface area contributed by atoms with Crippen molar-refractivity contribution in [2.45, 2.75) is 39.5 Å². The lowest BCUT2D eigenvalue weighted by Crippen LogP contribution is -2.47. The number of rotatable bonds is 2. The fraction of sp³-hybridized carbons (Fsp3) is 0.800. The topological polar surface area (TPSA) is 54.4 Å². The first-order valence-electron chi connectivity index (χ1n) is 4.66. The zero-order valence-electron chi connectivity index (χ0n) is 8.17. The van der Waals surface area contributed by atoms with Crippen LogP contribution in [0.4, 0.5) is 0 Å². The van der Waals surface area contributed by atoms with E-state index in [1.54, 1.807) is 13.8 Å². The highest BCUT2D eigenvalue weighted by Crippen LogP contribution is 2.49. The summed E-state index contributed by atoms with van der Waals surface area (Å²) in [5.74, 6) is -0.846. The Balaban J connectivity index is 3.03. The zero-order chi connectivity index (χ0) is 10.1. The number of aliphatic carboxylic acids is 1. The molecule has 3 heteroatoms. The van der Waals surface area contributed by atoms with Crippen LogP contribution in [0.25, 0.3) is 0 Å². The fourth-order valence-corrected chi connectivity index (χ4v) is 2.07. The van der Waals surface area contributed by atoms with Gasteiger partial charge < -0.3 is 9.90 Å². The minimum atomic E-state index is -0.868. The number of hydrogen-bond donors (Lipinski definition) is 1. The Morgan fingerprint density at radius 3 is 2.23 bits per heavy atom. The molecule has 0 spiro atoms. The molecule has 2 unspecified atom stereocenters. The minimum absolute atomic E-state index is 0.609. The van der Waals surface area contributed by atoms with E-state index in [9.17, 15) is 9.59 Å². The van der Waals surface area contributed by atoms with Gasteiger partial charge in [0.1, 0.15) is 6.29 Å². The van der Waals surface area contributed by atoms with Crippen molar-refractivity contribution in [3.63, 3.8) is 0 Å². The zero-order valence-corrected chi connectivity index (χ0v) is 8.17. The summed E-state index contributed by atoms with van der Waals surface area (Å²) in [5.41, 5.74) is -1.55. The monoisotopic (exact) mass is 184 g/mol. The Morgan fingerprint density at radius 1 is 1.31 bits per heavy atom. The van der Waals surface area contributed by atoms with Gasteiger partial charge in [0.15, 0.2) is 0 Å². The summed E-state index contributed by atoms with van der Waals surface area (Å²) in [6.45, 7) is 3.44. The predicted molar refractivity (Wildman–Crippen MR) is 48.4 cm³/mol. The maximum absolute atomic E-state index is 11.1. The van der Waals surface area contributed by atoms with Crippen LogP contribution in [0.5, 0.6) is 0 Å². The van der Waals surface area contributed by atoms with E-state index in [1.165, 1.54) is 0 Å². The highest BCUT2D eigenvalue weighted by atomic mass is 16.4. The number of carbonyl (C=O) groups excluding carboxylic acids is 1. The first-order chi connectivity index (χ1) is 5.96. The van der Waals surface area contributed by atoms with Gasteiger partial charge in [-0.3, -0.25) is 4.79 Å². The van der Waals surface area contributed by atoms with Gasteiger partial charge in [-0.15, -0.1) is 0 Å². The molecule has 0 saturated heterocycles. The molecule has 1 aliphatic carbocycles. The summed E-state index contributed by atoms with van der Waals surface area (Å²) < 4.78 is 0. The van der Waals surface area contributed by atoms with Crippen molar-refractivity contribution in [1.29, 1.82) is 0 Å². The lowest BCUT2D eigenvalue weighted by molar-refractivity contribution is -0.162. The second kappa shape index (κ2) is 3.13. The van der Waals surface area contributed by atoms with Crippen LogP contribution >= 0.6 is 0 Å². The molecule has 1 rings (SSSR count). The van der Waals surface area contributed by atoms with Crippen molar-refractivity contribution in [3.8, 4) is 0 Å². The molecule has 0 bridgehead atoms. The van der Waals surface area contributed by atoms with Crippen molar-refractivity contribution < 1.29 is 14.7 Å². The lowest BCUT2D eigenvalue weighted by Gasteiger charge is -2.43. The summed E-state index contributed by atoms with van der Waals surface area (Å²) in [5, 5.41) is 9.11. The average molecular weight is 184 g/mol. The Labute approximate surface area is 78.1 Å². The molecule has 74 valence electrons. The third-order valence-electron chi connectivity index (χ3n) is 3.62. The van der Waals surface area contributed by atoms with Gasteiger partial charge in [0.25, 0.3) is 0 Å². The molecule has 13 heavy (non-hydrogen) atoms. The summed E-state index contributed by atoms with van der Waals surface area (Å²) in [4.78, 5) is 22.0. The second-order valence-electron chi connectivity index (χ2n) is 4.38. The normalized spacial score (nSPS) is 39.8. The van der Waals surface area contributed by atoms with E-state index in [1.807, 2.05) is 0 Å². The standard InChI is InChI=1S/C10H16O3/c1-9(7-11)5-3-4-6-10(9,2)8(12)13/h7H,3-6H2,1-2H3,(H,12,13). The van der Waals surface area contributed by atoms with Gasteiger partial charge in [-0.05, 0) is 19.8 Å². The number of carboxylic acid groups (broad SMARTS) is 1. The van der Waals surface area contributed by atoms with Crippen molar-refractivity contribution in [2.24, 2.45) is 10.8 Å². The third-order valence-corrected chi connectivity index (χ3v) is 3.62. The highest BCUT2D eigenvalue weighted by molar-refractivity contribution is 5.81. The van der Waals surface area contributed by atoms with E-state index < -0.39 is 16.8 Å². The Bertz CT molecular complexity index is 236.